The van der Waals surface area contributed by atoms with E-state index < -0.39 is 0 Å². The molecule has 0 rings (SSSR count). The molecule has 43 valence electrons. The molecule has 0 N–H and O–H groups in total. The van der Waals surface area contributed by atoms with Gasteiger partial charge in [0.05, 0.1) is 0 Å². The summed E-state index contributed by atoms with van der Waals surface area (Å²) in [6.07, 6.45) is 0. The van der Waals surface area contributed by atoms with Crippen molar-refractivity contribution in [2.24, 2.45) is 0 Å². The van der Waals surface area contributed by atoms with Gasteiger partial charge in [0.1, 0.15) is 19.6 Å². The van der Waals surface area contributed by atoms with E-state index in [1.807, 2.05) is 0 Å². The van der Waals surface area contributed by atoms with Crippen LogP contribution >= 0.6 is 0 Å². The normalized spacial score (nSPS) is 10.3. The van der Waals surface area contributed by atoms with Crippen LogP contribution in [0.15, 0.2) is 0 Å². The summed E-state index contributed by atoms with van der Waals surface area (Å²) in [5, 5.41) is 0. The van der Waals surface area contributed by atoms with Crippen molar-refractivity contribution in [3.63, 3.8) is 0 Å². The lowest BCUT2D eigenvalue weighted by atomic mass is 10.5. The van der Waals surface area contributed by atoms with Crippen LogP contribution in [0.5, 0.6) is 0 Å². The van der Waals surface area contributed by atoms with Gasteiger partial charge in [-0.1, -0.05) is 0 Å². The maximum absolute atomic E-state index is 2.38. The zero-order valence-electron chi connectivity index (χ0n) is 5.57. The third-order valence-electron chi connectivity index (χ3n) is 1.34. The number of nitrogens with zero attached hydrogens (tertiary/aromatic N) is 1. The van der Waals surface area contributed by atoms with E-state index >= 15 is 0 Å². The van der Waals surface area contributed by atoms with Gasteiger partial charge in [-0.05, 0) is 20.8 Å². The molecule has 1 heteroatoms. The Morgan fingerprint density at radius 3 is 1.14 bits per heavy atom. The Morgan fingerprint density at radius 1 is 0.857 bits per heavy atom. The van der Waals surface area contributed by atoms with Gasteiger partial charge in [0.2, 0.25) is 0 Å². The molecule has 0 unspecified atom stereocenters. The number of hydrogen-bond acceptors (Lipinski definition) is 1. The van der Waals surface area contributed by atoms with E-state index in [0.29, 0.717) is 0 Å². The van der Waals surface area contributed by atoms with Crippen LogP contribution in [0, 0.1) is 0 Å². The standard InChI is InChI=1S/C6H15N/c1-4-7(5-2)6-3/h4-6H2,1-3H3/q+1. The smallest absolute Gasteiger partial charge is 0.120 e. The Balaban J connectivity index is 2.99. The Bertz CT molecular complexity index is 25.7. The molecule has 0 aromatic heterocycles. The summed E-state index contributed by atoms with van der Waals surface area (Å²) in [7, 11) is 0. The van der Waals surface area contributed by atoms with E-state index in [-0.39, 0.29) is 0 Å². The van der Waals surface area contributed by atoms with Crippen molar-refractivity contribution in [1.29, 1.82) is 0 Å². The molecule has 0 heterocycles. The molecule has 0 atom stereocenters. The average molecular weight is 101 g/mol. The van der Waals surface area contributed by atoms with Gasteiger partial charge in [-0.15, -0.1) is 0 Å². The van der Waals surface area contributed by atoms with Crippen molar-refractivity contribution in [2.45, 2.75) is 20.8 Å². The summed E-state index contributed by atoms with van der Waals surface area (Å²) in [4.78, 5) is 2.38. The second-order valence-electron chi connectivity index (χ2n) is 1.62. The van der Waals surface area contributed by atoms with Gasteiger partial charge in [-0.2, -0.15) is 4.90 Å². The van der Waals surface area contributed by atoms with Crippen LogP contribution in [-0.4, -0.2) is 19.6 Å². The lowest BCUT2D eigenvalue weighted by Gasteiger charge is -2.01. The minimum atomic E-state index is 1.19. The van der Waals surface area contributed by atoms with E-state index in [1.165, 1.54) is 19.6 Å². The Hall–Kier alpha value is -0.0400. The first kappa shape index (κ1) is 6.96. The number of rotatable bonds is 3. The summed E-state index contributed by atoms with van der Waals surface area (Å²) >= 11 is 0. The van der Waals surface area contributed by atoms with Crippen LogP contribution < -0.4 is 4.90 Å². The van der Waals surface area contributed by atoms with Crippen LogP contribution in [-0.2, 0) is 0 Å². The predicted octanol–water partition coefficient (Wildman–Crippen LogP) is 1.19. The molecule has 1 radical (unpaired) electrons. The molecule has 7 heavy (non-hydrogen) atoms. The van der Waals surface area contributed by atoms with Crippen molar-refractivity contribution >= 4 is 0 Å². The summed E-state index contributed by atoms with van der Waals surface area (Å²) < 4.78 is 0. The summed E-state index contributed by atoms with van der Waals surface area (Å²) in [6.45, 7) is 10.1. The molecule has 1 nitrogen and oxygen atoms in total. The molecule has 0 aliphatic rings. The van der Waals surface area contributed by atoms with Crippen molar-refractivity contribution < 1.29 is 0 Å². The van der Waals surface area contributed by atoms with Gasteiger partial charge in [-0.3, -0.25) is 0 Å². The lowest BCUT2D eigenvalue weighted by Crippen LogP contribution is -2.28. The first-order valence-electron chi connectivity index (χ1n) is 3.07. The van der Waals surface area contributed by atoms with Gasteiger partial charge in [-0.25, -0.2) is 0 Å². The zero-order valence-corrected chi connectivity index (χ0v) is 5.57. The van der Waals surface area contributed by atoms with Crippen LogP contribution in [0.3, 0.4) is 0 Å². The minimum Gasteiger partial charge on any atom is -0.171 e. The van der Waals surface area contributed by atoms with E-state index in [9.17, 15) is 0 Å². The third kappa shape index (κ3) is 2.63. The fourth-order valence-corrected chi connectivity index (χ4v) is 0.671. The Labute approximate surface area is 46.3 Å². The van der Waals surface area contributed by atoms with E-state index in [2.05, 4.69) is 25.7 Å². The second kappa shape index (κ2) is 4.13. The topological polar surface area (TPSA) is 5.90 Å². The summed E-state index contributed by atoms with van der Waals surface area (Å²) in [5.74, 6) is 0. The van der Waals surface area contributed by atoms with Gasteiger partial charge >= 0.3 is 0 Å². The molecule has 0 spiro atoms. The van der Waals surface area contributed by atoms with Gasteiger partial charge < -0.3 is 0 Å². The van der Waals surface area contributed by atoms with Crippen molar-refractivity contribution in [3.05, 3.63) is 0 Å². The molecular weight excluding hydrogens is 86.1 g/mol. The summed E-state index contributed by atoms with van der Waals surface area (Å²) in [6, 6.07) is 0. The molecule has 0 aliphatic heterocycles. The third-order valence-corrected chi connectivity index (χ3v) is 1.34. The lowest BCUT2D eigenvalue weighted by molar-refractivity contribution is 0.466. The van der Waals surface area contributed by atoms with Crippen molar-refractivity contribution in [3.8, 4) is 0 Å². The molecular formula is C6H15N+. The van der Waals surface area contributed by atoms with Gasteiger partial charge in [0.15, 0.2) is 0 Å². The molecule has 0 aromatic carbocycles. The van der Waals surface area contributed by atoms with Gasteiger partial charge in [0.25, 0.3) is 0 Å². The second-order valence-corrected chi connectivity index (χ2v) is 1.62. The van der Waals surface area contributed by atoms with Crippen LogP contribution in [0.2, 0.25) is 0 Å². The van der Waals surface area contributed by atoms with Crippen molar-refractivity contribution in [2.75, 3.05) is 19.6 Å². The summed E-state index contributed by atoms with van der Waals surface area (Å²) in [5.41, 5.74) is 0. The fourth-order valence-electron chi connectivity index (χ4n) is 0.671. The van der Waals surface area contributed by atoms with E-state index in [4.69, 9.17) is 0 Å². The van der Waals surface area contributed by atoms with E-state index in [0.717, 1.165) is 0 Å². The molecule has 0 aromatic rings. The highest BCUT2D eigenvalue weighted by atomic mass is 15.1. The highest BCUT2D eigenvalue weighted by molar-refractivity contribution is 4.52. The largest absolute Gasteiger partial charge is 0.171 e. The monoisotopic (exact) mass is 101 g/mol. The van der Waals surface area contributed by atoms with Crippen LogP contribution in [0.4, 0.5) is 0 Å². The predicted molar refractivity (Wildman–Crippen MR) is 33.8 cm³/mol. The Morgan fingerprint density at radius 2 is 1.14 bits per heavy atom. The quantitative estimate of drug-likeness (QED) is 0.471. The molecule has 0 bridgehead atoms. The maximum Gasteiger partial charge on any atom is 0.120 e. The van der Waals surface area contributed by atoms with Crippen LogP contribution in [0.25, 0.3) is 0 Å². The van der Waals surface area contributed by atoms with Gasteiger partial charge in [0, 0.05) is 0 Å². The van der Waals surface area contributed by atoms with Crippen LogP contribution in [0.1, 0.15) is 20.8 Å². The first-order chi connectivity index (χ1) is 3.35. The average Bonchev–Trinajstić information content (AvgIpc) is 1.72. The van der Waals surface area contributed by atoms with E-state index in [1.54, 1.807) is 0 Å². The molecule has 0 saturated heterocycles. The fraction of sp³-hybridized carbons (Fsp3) is 1.00. The zero-order chi connectivity index (χ0) is 5.70. The molecule has 0 aliphatic carbocycles. The minimum absolute atomic E-state index is 1.19. The number of hydrogen-bond donors (Lipinski definition) is 0. The first-order valence-corrected chi connectivity index (χ1v) is 3.07. The van der Waals surface area contributed by atoms with Crippen molar-refractivity contribution in [1.82, 2.24) is 4.90 Å². The molecule has 0 amide bonds. The SMILES string of the molecule is CC[N+](CC)CC. The Kier molecular flexibility index (Phi) is 4.10. The highest BCUT2D eigenvalue weighted by Gasteiger charge is 2.00. The maximum atomic E-state index is 2.38. The molecule has 0 fully saturated rings. The highest BCUT2D eigenvalue weighted by Crippen LogP contribution is 1.76. The molecule has 0 saturated carbocycles.